The highest BCUT2D eigenvalue weighted by atomic mass is 79.9. The van der Waals surface area contributed by atoms with Gasteiger partial charge in [-0.3, -0.25) is 0 Å². The van der Waals surface area contributed by atoms with Crippen LogP contribution in [0, 0.1) is 0 Å². The van der Waals surface area contributed by atoms with Gasteiger partial charge in [0.15, 0.2) is 0 Å². The monoisotopic (exact) mass is 285 g/mol. The Bertz CT molecular complexity index is 406. The van der Waals surface area contributed by atoms with Crippen molar-refractivity contribution in [1.82, 2.24) is 0 Å². The second-order valence-electron chi connectivity index (χ2n) is 4.05. The number of nitrogens with two attached hydrogens (primary N) is 1. The van der Waals surface area contributed by atoms with E-state index in [2.05, 4.69) is 15.9 Å². The Labute approximate surface area is 104 Å². The van der Waals surface area contributed by atoms with Gasteiger partial charge >= 0.3 is 0 Å². The molecule has 4 heteroatoms. The molecule has 1 aliphatic carbocycles. The molecule has 0 fully saturated rings. The van der Waals surface area contributed by atoms with E-state index >= 15 is 0 Å². The highest BCUT2D eigenvalue weighted by molar-refractivity contribution is 9.10. The maximum Gasteiger partial charge on any atom is 0.136 e. The molecule has 0 saturated heterocycles. The van der Waals surface area contributed by atoms with Crippen LogP contribution in [0.25, 0.3) is 0 Å². The van der Waals surface area contributed by atoms with Gasteiger partial charge in [-0.2, -0.15) is 0 Å². The molecule has 0 spiro atoms. The highest BCUT2D eigenvalue weighted by Crippen LogP contribution is 2.41. The molecule has 0 saturated carbocycles. The topological polar surface area (TPSA) is 44.5 Å². The first-order valence-electron chi connectivity index (χ1n) is 5.35. The number of methoxy groups -OCH3 is 2. The van der Waals surface area contributed by atoms with Crippen molar-refractivity contribution < 1.29 is 9.47 Å². The second kappa shape index (κ2) is 4.63. The Morgan fingerprint density at radius 1 is 1.31 bits per heavy atom. The molecule has 0 bridgehead atoms. The first-order chi connectivity index (χ1) is 7.67. The van der Waals surface area contributed by atoms with Crippen molar-refractivity contribution in [3.8, 4) is 11.5 Å². The summed E-state index contributed by atoms with van der Waals surface area (Å²) < 4.78 is 11.8. The zero-order chi connectivity index (χ0) is 11.7. The van der Waals surface area contributed by atoms with E-state index in [1.54, 1.807) is 14.2 Å². The van der Waals surface area contributed by atoms with E-state index in [9.17, 15) is 0 Å². The molecule has 1 aromatic carbocycles. The van der Waals surface area contributed by atoms with Gasteiger partial charge in [-0.1, -0.05) is 0 Å². The summed E-state index contributed by atoms with van der Waals surface area (Å²) in [5, 5.41) is 0. The molecular weight excluding hydrogens is 270 g/mol. The van der Waals surface area contributed by atoms with Gasteiger partial charge in [0, 0.05) is 17.2 Å². The fraction of sp³-hybridized carbons (Fsp3) is 0.500. The fourth-order valence-corrected chi connectivity index (χ4v) is 2.89. The molecule has 1 aliphatic rings. The van der Waals surface area contributed by atoms with Crippen molar-refractivity contribution >= 4 is 15.9 Å². The van der Waals surface area contributed by atoms with E-state index in [-0.39, 0.29) is 6.04 Å². The van der Waals surface area contributed by atoms with Crippen LogP contribution in [0.15, 0.2) is 10.5 Å². The predicted octanol–water partition coefficient (Wildman–Crippen LogP) is 2.28. The lowest BCUT2D eigenvalue weighted by atomic mass is 9.87. The zero-order valence-electron chi connectivity index (χ0n) is 9.55. The number of halogens is 1. The van der Waals surface area contributed by atoms with E-state index in [0.717, 1.165) is 35.2 Å². The molecular formula is C12H16BrNO2. The SMILES string of the molecule is COc1cc(Br)c(OC)c2c1CCC(N)C2. The third-order valence-electron chi connectivity index (χ3n) is 3.07. The van der Waals surface area contributed by atoms with Gasteiger partial charge in [0.25, 0.3) is 0 Å². The number of hydrogen-bond acceptors (Lipinski definition) is 3. The number of ether oxygens (including phenoxy) is 2. The van der Waals surface area contributed by atoms with Crippen molar-refractivity contribution in [1.29, 1.82) is 0 Å². The van der Waals surface area contributed by atoms with Crippen molar-refractivity contribution in [2.45, 2.75) is 25.3 Å². The summed E-state index contributed by atoms with van der Waals surface area (Å²) in [7, 11) is 3.38. The lowest BCUT2D eigenvalue weighted by Crippen LogP contribution is -2.28. The molecule has 88 valence electrons. The van der Waals surface area contributed by atoms with Gasteiger partial charge in [0.05, 0.1) is 18.7 Å². The summed E-state index contributed by atoms with van der Waals surface area (Å²) in [5.74, 6) is 1.82. The van der Waals surface area contributed by atoms with Crippen LogP contribution < -0.4 is 15.2 Å². The molecule has 0 radical (unpaired) electrons. The van der Waals surface area contributed by atoms with Crippen LogP contribution in [-0.2, 0) is 12.8 Å². The second-order valence-corrected chi connectivity index (χ2v) is 4.91. The fourth-order valence-electron chi connectivity index (χ4n) is 2.28. The molecule has 16 heavy (non-hydrogen) atoms. The van der Waals surface area contributed by atoms with E-state index in [0.29, 0.717) is 0 Å². The van der Waals surface area contributed by atoms with Gasteiger partial charge < -0.3 is 15.2 Å². The third-order valence-corrected chi connectivity index (χ3v) is 3.66. The Kier molecular flexibility index (Phi) is 3.40. The minimum absolute atomic E-state index is 0.223. The maximum absolute atomic E-state index is 6.00. The summed E-state index contributed by atoms with van der Waals surface area (Å²) >= 11 is 3.50. The van der Waals surface area contributed by atoms with Crippen LogP contribution in [0.3, 0.4) is 0 Å². The molecule has 0 amide bonds. The molecule has 0 heterocycles. The molecule has 1 aromatic rings. The Morgan fingerprint density at radius 2 is 2.06 bits per heavy atom. The Morgan fingerprint density at radius 3 is 2.69 bits per heavy atom. The number of fused-ring (bicyclic) bond motifs is 1. The predicted molar refractivity (Wildman–Crippen MR) is 67.2 cm³/mol. The lowest BCUT2D eigenvalue weighted by Gasteiger charge is -2.25. The molecule has 3 nitrogen and oxygen atoms in total. The van der Waals surface area contributed by atoms with Gasteiger partial charge in [0.2, 0.25) is 0 Å². The van der Waals surface area contributed by atoms with E-state index < -0.39 is 0 Å². The normalized spacial score (nSPS) is 19.1. The smallest absolute Gasteiger partial charge is 0.136 e. The average molecular weight is 286 g/mol. The van der Waals surface area contributed by atoms with Crippen LogP contribution in [0.1, 0.15) is 17.5 Å². The van der Waals surface area contributed by atoms with Crippen molar-refractivity contribution in [3.63, 3.8) is 0 Å². The third kappa shape index (κ3) is 1.92. The van der Waals surface area contributed by atoms with Gasteiger partial charge in [-0.05, 0) is 41.3 Å². The van der Waals surface area contributed by atoms with E-state index in [4.69, 9.17) is 15.2 Å². The number of benzene rings is 1. The number of hydrogen-bond donors (Lipinski definition) is 1. The van der Waals surface area contributed by atoms with Crippen molar-refractivity contribution in [3.05, 3.63) is 21.7 Å². The molecule has 2 N–H and O–H groups in total. The van der Waals surface area contributed by atoms with Gasteiger partial charge in [-0.15, -0.1) is 0 Å². The largest absolute Gasteiger partial charge is 0.496 e. The standard InChI is InChI=1S/C12H16BrNO2/c1-15-11-6-10(13)12(16-2)9-5-7(14)3-4-8(9)11/h6-7H,3-5,14H2,1-2H3. The van der Waals surface area contributed by atoms with Gasteiger partial charge in [-0.25, -0.2) is 0 Å². The van der Waals surface area contributed by atoms with Gasteiger partial charge in [0.1, 0.15) is 11.5 Å². The molecule has 1 atom stereocenters. The van der Waals surface area contributed by atoms with Crippen LogP contribution in [0.4, 0.5) is 0 Å². The van der Waals surface area contributed by atoms with E-state index in [1.807, 2.05) is 6.07 Å². The first kappa shape index (κ1) is 11.7. The lowest BCUT2D eigenvalue weighted by molar-refractivity contribution is 0.383. The molecule has 1 unspecified atom stereocenters. The summed E-state index contributed by atoms with van der Waals surface area (Å²) in [6, 6.07) is 2.19. The summed E-state index contributed by atoms with van der Waals surface area (Å²) in [4.78, 5) is 0. The minimum atomic E-state index is 0.223. The molecule has 2 rings (SSSR count). The van der Waals surface area contributed by atoms with Crippen LogP contribution in [0.2, 0.25) is 0 Å². The Hall–Kier alpha value is -0.740. The highest BCUT2D eigenvalue weighted by Gasteiger charge is 2.24. The minimum Gasteiger partial charge on any atom is -0.496 e. The van der Waals surface area contributed by atoms with Crippen LogP contribution in [0.5, 0.6) is 11.5 Å². The molecule has 0 aliphatic heterocycles. The summed E-state index contributed by atoms with van der Waals surface area (Å²) in [5.41, 5.74) is 8.43. The Balaban J connectivity index is 2.58. The maximum atomic E-state index is 6.00. The summed E-state index contributed by atoms with van der Waals surface area (Å²) in [6.07, 6.45) is 2.83. The van der Waals surface area contributed by atoms with Crippen molar-refractivity contribution in [2.24, 2.45) is 5.73 Å². The number of rotatable bonds is 2. The quantitative estimate of drug-likeness (QED) is 0.907. The average Bonchev–Trinajstić information content (AvgIpc) is 2.27. The van der Waals surface area contributed by atoms with Crippen molar-refractivity contribution in [2.75, 3.05) is 14.2 Å². The first-order valence-corrected chi connectivity index (χ1v) is 6.14. The van der Waals surface area contributed by atoms with Crippen LogP contribution >= 0.6 is 15.9 Å². The van der Waals surface area contributed by atoms with Crippen LogP contribution in [-0.4, -0.2) is 20.3 Å². The zero-order valence-corrected chi connectivity index (χ0v) is 11.1. The summed E-state index contributed by atoms with van der Waals surface area (Å²) in [6.45, 7) is 0. The molecule has 0 aromatic heterocycles. The van der Waals surface area contributed by atoms with E-state index in [1.165, 1.54) is 11.1 Å².